The van der Waals surface area contributed by atoms with Gasteiger partial charge in [-0.1, -0.05) is 31.2 Å². The molecule has 0 radical (unpaired) electrons. The second-order valence-electron chi connectivity index (χ2n) is 5.56. The van der Waals surface area contributed by atoms with Gasteiger partial charge in [-0.3, -0.25) is 10.1 Å². The van der Waals surface area contributed by atoms with Crippen LogP contribution in [0.4, 0.5) is 0 Å². The van der Waals surface area contributed by atoms with Gasteiger partial charge in [-0.05, 0) is 30.4 Å². The summed E-state index contributed by atoms with van der Waals surface area (Å²) in [5.41, 5.74) is 2.48. The second-order valence-corrected chi connectivity index (χ2v) is 5.56. The van der Waals surface area contributed by atoms with Gasteiger partial charge in [0, 0.05) is 13.2 Å². The highest BCUT2D eigenvalue weighted by molar-refractivity contribution is 5.81. The van der Waals surface area contributed by atoms with Crippen molar-refractivity contribution >= 4 is 5.91 Å². The number of nitrogens with zero attached hydrogens (tertiary/aromatic N) is 1. The van der Waals surface area contributed by atoms with E-state index in [1.807, 2.05) is 4.90 Å². The van der Waals surface area contributed by atoms with Crippen LogP contribution in [0.5, 0.6) is 0 Å². The molecule has 0 bridgehead atoms. The maximum Gasteiger partial charge on any atom is 0.238 e. The third-order valence-corrected chi connectivity index (χ3v) is 4.21. The molecule has 2 saturated heterocycles. The van der Waals surface area contributed by atoms with Crippen LogP contribution >= 0.6 is 0 Å². The van der Waals surface area contributed by atoms with Gasteiger partial charge in [-0.2, -0.15) is 0 Å². The minimum absolute atomic E-state index is 0.00222. The first-order valence-corrected chi connectivity index (χ1v) is 7.51. The topological polar surface area (TPSA) is 41.6 Å². The number of hydrogen-bond donors (Lipinski definition) is 1. The van der Waals surface area contributed by atoms with Crippen LogP contribution in [0.15, 0.2) is 24.3 Å². The maximum atomic E-state index is 12.1. The number of ether oxygens (including phenoxy) is 1. The molecule has 20 heavy (non-hydrogen) atoms. The second kappa shape index (κ2) is 5.94. The predicted molar refractivity (Wildman–Crippen MR) is 77.3 cm³/mol. The van der Waals surface area contributed by atoms with Gasteiger partial charge in [0.25, 0.3) is 0 Å². The summed E-state index contributed by atoms with van der Waals surface area (Å²) >= 11 is 0. The Morgan fingerprint density at radius 2 is 2.15 bits per heavy atom. The maximum absolute atomic E-state index is 12.1. The zero-order valence-corrected chi connectivity index (χ0v) is 12.0. The summed E-state index contributed by atoms with van der Waals surface area (Å²) in [5.74, 6) is 0.171. The summed E-state index contributed by atoms with van der Waals surface area (Å²) in [4.78, 5) is 14.0. The molecule has 0 saturated carbocycles. The predicted octanol–water partition coefficient (Wildman–Crippen LogP) is 1.86. The summed E-state index contributed by atoms with van der Waals surface area (Å²) in [6.07, 6.45) is 3.41. The molecular formula is C16H22N2O2. The van der Waals surface area contributed by atoms with Gasteiger partial charge in [0.1, 0.15) is 6.17 Å². The van der Waals surface area contributed by atoms with Crippen molar-refractivity contribution in [2.75, 3.05) is 19.7 Å². The third-order valence-electron chi connectivity index (χ3n) is 4.21. The van der Waals surface area contributed by atoms with Crippen LogP contribution in [0.3, 0.4) is 0 Å². The van der Waals surface area contributed by atoms with Crippen molar-refractivity contribution in [3.05, 3.63) is 35.4 Å². The van der Waals surface area contributed by atoms with Crippen LogP contribution in [-0.4, -0.2) is 36.6 Å². The first-order valence-electron chi connectivity index (χ1n) is 7.51. The number of carbonyl (C=O) groups excluding carboxylic acids is 1. The van der Waals surface area contributed by atoms with Crippen molar-refractivity contribution in [1.29, 1.82) is 0 Å². The molecule has 4 nitrogen and oxygen atoms in total. The fourth-order valence-corrected chi connectivity index (χ4v) is 2.99. The van der Waals surface area contributed by atoms with Crippen molar-refractivity contribution in [2.45, 2.75) is 38.5 Å². The largest absolute Gasteiger partial charge is 0.376 e. The molecule has 2 aliphatic rings. The van der Waals surface area contributed by atoms with E-state index in [-0.39, 0.29) is 18.2 Å². The normalized spacial score (nSPS) is 26.4. The van der Waals surface area contributed by atoms with E-state index >= 15 is 0 Å². The monoisotopic (exact) mass is 274 g/mol. The molecule has 2 heterocycles. The Balaban J connectivity index is 1.74. The molecule has 1 N–H and O–H groups in total. The summed E-state index contributed by atoms with van der Waals surface area (Å²) in [7, 11) is 0. The zero-order chi connectivity index (χ0) is 13.9. The number of amides is 1. The lowest BCUT2D eigenvalue weighted by atomic mass is 10.1. The molecule has 2 fully saturated rings. The van der Waals surface area contributed by atoms with Gasteiger partial charge in [0.05, 0.1) is 12.6 Å². The Kier molecular flexibility index (Phi) is 4.03. The molecule has 0 aromatic heterocycles. The lowest BCUT2D eigenvalue weighted by molar-refractivity contribution is -0.129. The van der Waals surface area contributed by atoms with E-state index in [0.29, 0.717) is 13.1 Å². The molecule has 1 amide bonds. The highest BCUT2D eigenvalue weighted by atomic mass is 16.5. The minimum atomic E-state index is -0.00222. The van der Waals surface area contributed by atoms with Crippen molar-refractivity contribution in [2.24, 2.45) is 0 Å². The van der Waals surface area contributed by atoms with E-state index in [2.05, 4.69) is 36.5 Å². The van der Waals surface area contributed by atoms with Crippen LogP contribution in [0.1, 0.15) is 37.1 Å². The standard InChI is InChI=1S/C16H22N2O2/c1-2-12-5-7-13(8-6-12)16-17-10-15(19)18(16)11-14-4-3-9-20-14/h5-8,14,16-17H,2-4,9-11H2,1H3. The van der Waals surface area contributed by atoms with E-state index in [9.17, 15) is 4.79 Å². The minimum Gasteiger partial charge on any atom is -0.376 e. The van der Waals surface area contributed by atoms with Gasteiger partial charge in [0.2, 0.25) is 5.91 Å². The van der Waals surface area contributed by atoms with Gasteiger partial charge in [-0.25, -0.2) is 0 Å². The number of aryl methyl sites for hydroxylation is 1. The van der Waals surface area contributed by atoms with E-state index in [0.717, 1.165) is 31.4 Å². The Bertz CT molecular complexity index is 466. The Morgan fingerprint density at radius 1 is 1.35 bits per heavy atom. The van der Waals surface area contributed by atoms with Crippen LogP contribution in [0.2, 0.25) is 0 Å². The smallest absolute Gasteiger partial charge is 0.238 e. The van der Waals surface area contributed by atoms with Crippen molar-refractivity contribution in [3.8, 4) is 0 Å². The van der Waals surface area contributed by atoms with Gasteiger partial charge in [-0.15, -0.1) is 0 Å². The van der Waals surface area contributed by atoms with Crippen molar-refractivity contribution in [3.63, 3.8) is 0 Å². The van der Waals surface area contributed by atoms with Crippen LogP contribution in [0.25, 0.3) is 0 Å². The number of nitrogens with one attached hydrogen (secondary N) is 1. The quantitative estimate of drug-likeness (QED) is 0.911. The molecule has 108 valence electrons. The number of hydrogen-bond acceptors (Lipinski definition) is 3. The molecule has 0 spiro atoms. The van der Waals surface area contributed by atoms with Gasteiger partial charge in [0.15, 0.2) is 0 Å². The fraction of sp³-hybridized carbons (Fsp3) is 0.562. The molecule has 1 aromatic rings. The average Bonchev–Trinajstić information content (AvgIpc) is 3.11. The molecule has 4 heteroatoms. The third kappa shape index (κ3) is 2.72. The highest BCUT2D eigenvalue weighted by Crippen LogP contribution is 2.25. The SMILES string of the molecule is CCc1ccc(C2NCC(=O)N2CC2CCCO2)cc1. The van der Waals surface area contributed by atoms with Crippen LogP contribution in [-0.2, 0) is 16.0 Å². The summed E-state index contributed by atoms with van der Waals surface area (Å²) < 4.78 is 5.66. The van der Waals surface area contributed by atoms with E-state index < -0.39 is 0 Å². The lowest BCUT2D eigenvalue weighted by Crippen LogP contribution is -2.36. The van der Waals surface area contributed by atoms with Crippen molar-refractivity contribution in [1.82, 2.24) is 10.2 Å². The molecule has 2 unspecified atom stereocenters. The van der Waals surface area contributed by atoms with Gasteiger partial charge < -0.3 is 9.64 Å². The molecule has 2 aliphatic heterocycles. The van der Waals surface area contributed by atoms with Crippen LogP contribution < -0.4 is 5.32 Å². The molecule has 1 aromatic carbocycles. The molecule has 0 aliphatic carbocycles. The first kappa shape index (κ1) is 13.6. The summed E-state index contributed by atoms with van der Waals surface area (Å²) in [5, 5.41) is 3.31. The molecule has 2 atom stereocenters. The summed E-state index contributed by atoms with van der Waals surface area (Å²) in [6, 6.07) is 8.53. The van der Waals surface area contributed by atoms with E-state index in [1.165, 1.54) is 5.56 Å². The number of carbonyl (C=O) groups is 1. The Labute approximate surface area is 120 Å². The van der Waals surface area contributed by atoms with Gasteiger partial charge >= 0.3 is 0 Å². The zero-order valence-electron chi connectivity index (χ0n) is 12.0. The lowest BCUT2D eigenvalue weighted by Gasteiger charge is -2.27. The number of rotatable bonds is 4. The van der Waals surface area contributed by atoms with E-state index in [1.54, 1.807) is 0 Å². The fourth-order valence-electron chi connectivity index (χ4n) is 2.99. The average molecular weight is 274 g/mol. The Morgan fingerprint density at radius 3 is 2.80 bits per heavy atom. The molecule has 3 rings (SSSR count). The van der Waals surface area contributed by atoms with E-state index in [4.69, 9.17) is 4.74 Å². The number of benzene rings is 1. The van der Waals surface area contributed by atoms with Crippen LogP contribution in [0, 0.1) is 0 Å². The van der Waals surface area contributed by atoms with Crippen molar-refractivity contribution < 1.29 is 9.53 Å². The Hall–Kier alpha value is -1.39. The first-order chi connectivity index (χ1) is 9.78. The highest BCUT2D eigenvalue weighted by Gasteiger charge is 2.34. The molecular weight excluding hydrogens is 252 g/mol. The summed E-state index contributed by atoms with van der Waals surface area (Å²) in [6.45, 7) is 4.10.